The predicted octanol–water partition coefficient (Wildman–Crippen LogP) is 1.42. The van der Waals surface area contributed by atoms with Crippen LogP contribution in [0.3, 0.4) is 0 Å². The molecule has 0 radical (unpaired) electrons. The summed E-state index contributed by atoms with van der Waals surface area (Å²) in [7, 11) is 4.35. The largest absolute Gasteiger partial charge is 0.305 e. The van der Waals surface area contributed by atoms with Crippen molar-refractivity contribution in [3.05, 3.63) is 0 Å². The molecule has 1 aliphatic rings. The molecule has 0 aromatic heterocycles. The van der Waals surface area contributed by atoms with Gasteiger partial charge in [0.25, 0.3) is 0 Å². The van der Waals surface area contributed by atoms with E-state index < -0.39 is 0 Å². The van der Waals surface area contributed by atoms with Crippen molar-refractivity contribution in [3.8, 4) is 0 Å². The molecule has 72 valence electrons. The second-order valence-electron chi connectivity index (χ2n) is 5.02. The fourth-order valence-electron chi connectivity index (χ4n) is 1.77. The van der Waals surface area contributed by atoms with Gasteiger partial charge in [0.15, 0.2) is 0 Å². The van der Waals surface area contributed by atoms with E-state index in [1.165, 1.54) is 19.5 Å². The van der Waals surface area contributed by atoms with Crippen LogP contribution >= 0.6 is 0 Å². The van der Waals surface area contributed by atoms with Crippen LogP contribution in [0.1, 0.15) is 27.2 Å². The molecule has 0 unspecified atom stereocenters. The lowest BCUT2D eigenvalue weighted by molar-refractivity contribution is 0.159. The summed E-state index contributed by atoms with van der Waals surface area (Å²) in [6.45, 7) is 9.38. The van der Waals surface area contributed by atoms with Crippen LogP contribution in [-0.4, -0.2) is 48.6 Å². The minimum absolute atomic E-state index is 0.352. The molecule has 0 aliphatic carbocycles. The maximum Gasteiger partial charge on any atom is 0.0229 e. The van der Waals surface area contributed by atoms with Crippen LogP contribution in [0, 0.1) is 0 Å². The van der Waals surface area contributed by atoms with Crippen LogP contribution in [0.4, 0.5) is 0 Å². The molecule has 2 heteroatoms. The predicted molar refractivity (Wildman–Crippen MR) is 53.4 cm³/mol. The van der Waals surface area contributed by atoms with Gasteiger partial charge in [-0.1, -0.05) is 0 Å². The van der Waals surface area contributed by atoms with Crippen molar-refractivity contribution in [1.29, 1.82) is 0 Å². The first-order valence-electron chi connectivity index (χ1n) is 4.83. The molecule has 0 aromatic carbocycles. The van der Waals surface area contributed by atoms with Gasteiger partial charge in [-0.15, -0.1) is 0 Å². The number of likely N-dealkylation sites (tertiary alicyclic amines) is 1. The Morgan fingerprint density at radius 3 is 2.08 bits per heavy atom. The molecule has 12 heavy (non-hydrogen) atoms. The first kappa shape index (κ1) is 10.0. The van der Waals surface area contributed by atoms with Crippen molar-refractivity contribution >= 4 is 0 Å². The van der Waals surface area contributed by atoms with E-state index in [1.807, 2.05) is 0 Å². The van der Waals surface area contributed by atoms with Gasteiger partial charge in [0.05, 0.1) is 0 Å². The molecule has 0 amide bonds. The smallest absolute Gasteiger partial charge is 0.0229 e. The maximum absolute atomic E-state index is 2.57. The Labute approximate surface area is 76.5 Å². The summed E-state index contributed by atoms with van der Waals surface area (Å²) in [5.74, 6) is 0. The average molecular weight is 170 g/mol. The van der Waals surface area contributed by atoms with Crippen molar-refractivity contribution in [3.63, 3.8) is 0 Å². The molecule has 1 atom stereocenters. The lowest BCUT2D eigenvalue weighted by Crippen LogP contribution is -2.41. The zero-order chi connectivity index (χ0) is 9.35. The van der Waals surface area contributed by atoms with E-state index in [9.17, 15) is 0 Å². The molecule has 1 fully saturated rings. The van der Waals surface area contributed by atoms with Gasteiger partial charge in [0.2, 0.25) is 0 Å². The Bertz CT molecular complexity index is 146. The highest BCUT2D eigenvalue weighted by molar-refractivity contribution is 4.87. The van der Waals surface area contributed by atoms with E-state index in [2.05, 4.69) is 44.7 Å². The van der Waals surface area contributed by atoms with E-state index in [-0.39, 0.29) is 0 Å². The summed E-state index contributed by atoms with van der Waals surface area (Å²) in [6, 6.07) is 0.768. The Balaban J connectivity index is 2.46. The third-order valence-corrected chi connectivity index (χ3v) is 2.84. The Morgan fingerprint density at radius 1 is 1.25 bits per heavy atom. The minimum atomic E-state index is 0.352. The zero-order valence-electron chi connectivity index (χ0n) is 9.09. The van der Waals surface area contributed by atoms with Crippen molar-refractivity contribution in [2.75, 3.05) is 27.2 Å². The molecule has 1 rings (SSSR count). The van der Waals surface area contributed by atoms with Gasteiger partial charge in [-0.05, 0) is 41.3 Å². The van der Waals surface area contributed by atoms with Gasteiger partial charge in [0, 0.05) is 24.7 Å². The lowest BCUT2D eigenvalue weighted by atomic mass is 10.1. The summed E-state index contributed by atoms with van der Waals surface area (Å²) in [6.07, 6.45) is 1.32. The molecule has 1 aliphatic heterocycles. The van der Waals surface area contributed by atoms with E-state index in [0.29, 0.717) is 5.54 Å². The SMILES string of the molecule is CN(C)[C@@H]1CCN(C(C)(C)C)C1. The van der Waals surface area contributed by atoms with Crippen molar-refractivity contribution in [2.24, 2.45) is 0 Å². The maximum atomic E-state index is 2.57. The van der Waals surface area contributed by atoms with Gasteiger partial charge < -0.3 is 4.90 Å². The lowest BCUT2D eigenvalue weighted by Gasteiger charge is -2.32. The topological polar surface area (TPSA) is 6.48 Å². The molecular formula is C10H22N2. The summed E-state index contributed by atoms with van der Waals surface area (Å²) in [5.41, 5.74) is 0.352. The molecule has 2 nitrogen and oxygen atoms in total. The fourth-order valence-corrected chi connectivity index (χ4v) is 1.77. The molecule has 0 bridgehead atoms. The van der Waals surface area contributed by atoms with E-state index in [0.717, 1.165) is 6.04 Å². The standard InChI is InChI=1S/C10H22N2/c1-10(2,3)12-7-6-9(8-12)11(4)5/h9H,6-8H2,1-5H3/t9-/m1/s1. The second kappa shape index (κ2) is 3.35. The number of hydrogen-bond acceptors (Lipinski definition) is 2. The van der Waals surface area contributed by atoms with Crippen LogP contribution < -0.4 is 0 Å². The summed E-state index contributed by atoms with van der Waals surface area (Å²) < 4.78 is 0. The average Bonchev–Trinajstić information content (AvgIpc) is 2.30. The van der Waals surface area contributed by atoms with Crippen molar-refractivity contribution in [1.82, 2.24) is 9.80 Å². The Hall–Kier alpha value is -0.0800. The van der Waals surface area contributed by atoms with Crippen LogP contribution in [-0.2, 0) is 0 Å². The summed E-state index contributed by atoms with van der Waals surface area (Å²) in [4.78, 5) is 4.91. The fraction of sp³-hybridized carbons (Fsp3) is 1.00. The molecule has 0 aromatic rings. The first-order valence-corrected chi connectivity index (χ1v) is 4.83. The first-order chi connectivity index (χ1) is 5.41. The Morgan fingerprint density at radius 2 is 1.83 bits per heavy atom. The van der Waals surface area contributed by atoms with E-state index in [4.69, 9.17) is 0 Å². The van der Waals surface area contributed by atoms with Crippen LogP contribution in [0.25, 0.3) is 0 Å². The quantitative estimate of drug-likeness (QED) is 0.587. The van der Waals surface area contributed by atoms with Crippen LogP contribution in [0.2, 0.25) is 0 Å². The third kappa shape index (κ3) is 2.20. The molecule has 1 heterocycles. The third-order valence-electron chi connectivity index (χ3n) is 2.84. The highest BCUT2D eigenvalue weighted by atomic mass is 15.3. The van der Waals surface area contributed by atoms with Gasteiger partial charge in [-0.2, -0.15) is 0 Å². The van der Waals surface area contributed by atoms with Gasteiger partial charge in [-0.25, -0.2) is 0 Å². The minimum Gasteiger partial charge on any atom is -0.305 e. The van der Waals surface area contributed by atoms with Crippen molar-refractivity contribution in [2.45, 2.75) is 38.8 Å². The molecule has 1 saturated heterocycles. The normalized spacial score (nSPS) is 27.0. The highest BCUT2D eigenvalue weighted by Crippen LogP contribution is 2.22. The second-order valence-corrected chi connectivity index (χ2v) is 5.02. The molecular weight excluding hydrogens is 148 g/mol. The van der Waals surface area contributed by atoms with E-state index >= 15 is 0 Å². The Kier molecular flexibility index (Phi) is 2.79. The number of nitrogens with zero attached hydrogens (tertiary/aromatic N) is 2. The van der Waals surface area contributed by atoms with Crippen LogP contribution in [0.15, 0.2) is 0 Å². The number of rotatable bonds is 1. The molecule has 0 N–H and O–H groups in total. The van der Waals surface area contributed by atoms with Gasteiger partial charge in [-0.3, -0.25) is 4.90 Å². The summed E-state index contributed by atoms with van der Waals surface area (Å²) >= 11 is 0. The van der Waals surface area contributed by atoms with Crippen LogP contribution in [0.5, 0.6) is 0 Å². The monoisotopic (exact) mass is 170 g/mol. The zero-order valence-corrected chi connectivity index (χ0v) is 9.09. The summed E-state index contributed by atoms with van der Waals surface area (Å²) in [5, 5.41) is 0. The van der Waals surface area contributed by atoms with Gasteiger partial charge >= 0.3 is 0 Å². The molecule has 0 spiro atoms. The number of likely N-dealkylation sites (N-methyl/N-ethyl adjacent to an activating group) is 1. The van der Waals surface area contributed by atoms with E-state index in [1.54, 1.807) is 0 Å². The van der Waals surface area contributed by atoms with Gasteiger partial charge in [0.1, 0.15) is 0 Å². The van der Waals surface area contributed by atoms with Crippen molar-refractivity contribution < 1.29 is 0 Å². The number of hydrogen-bond donors (Lipinski definition) is 0. The highest BCUT2D eigenvalue weighted by Gasteiger charge is 2.30. The molecule has 0 saturated carbocycles.